The van der Waals surface area contributed by atoms with E-state index in [4.69, 9.17) is 17.3 Å². The van der Waals surface area contributed by atoms with Gasteiger partial charge in [-0.1, -0.05) is 17.7 Å². The van der Waals surface area contributed by atoms with Crippen molar-refractivity contribution in [2.45, 2.75) is 18.5 Å². The Morgan fingerprint density at radius 1 is 1.32 bits per heavy atom. The summed E-state index contributed by atoms with van der Waals surface area (Å²) in [4.78, 5) is 19.5. The number of aliphatic imine (C=N–C) groups is 1. The molecule has 0 unspecified atom stereocenters. The molecule has 4 rings (SSSR count). The molecule has 130 valence electrons. The number of thiophene rings is 1. The fourth-order valence-electron chi connectivity index (χ4n) is 3.36. The molecule has 5 nitrogen and oxygen atoms in total. The van der Waals surface area contributed by atoms with Crippen LogP contribution >= 0.6 is 22.9 Å². The maximum atomic E-state index is 14.0. The van der Waals surface area contributed by atoms with Crippen molar-refractivity contribution in [3.63, 3.8) is 0 Å². The highest BCUT2D eigenvalue weighted by atomic mass is 35.5. The summed E-state index contributed by atoms with van der Waals surface area (Å²) in [5, 5.41) is 3.32. The Balaban J connectivity index is 1.52. The van der Waals surface area contributed by atoms with Crippen molar-refractivity contribution in [3.05, 3.63) is 50.9 Å². The molecular formula is C17H16ClFN4OS. The van der Waals surface area contributed by atoms with Gasteiger partial charge in [0.2, 0.25) is 0 Å². The van der Waals surface area contributed by atoms with Crippen LogP contribution < -0.4 is 11.1 Å². The van der Waals surface area contributed by atoms with E-state index in [9.17, 15) is 9.18 Å². The van der Waals surface area contributed by atoms with Gasteiger partial charge in [0, 0.05) is 31.6 Å². The van der Waals surface area contributed by atoms with Crippen molar-refractivity contribution < 1.29 is 9.18 Å². The van der Waals surface area contributed by atoms with Gasteiger partial charge in [-0.25, -0.2) is 9.38 Å². The lowest BCUT2D eigenvalue weighted by atomic mass is 9.93. The smallest absolute Gasteiger partial charge is 0.263 e. The van der Waals surface area contributed by atoms with E-state index in [-0.39, 0.29) is 17.6 Å². The summed E-state index contributed by atoms with van der Waals surface area (Å²) in [6.07, 6.45) is 1.21. The molecule has 0 radical (unpaired) electrons. The first kappa shape index (κ1) is 16.4. The van der Waals surface area contributed by atoms with Crippen molar-refractivity contribution >= 4 is 40.4 Å². The second kappa shape index (κ2) is 6.00. The molecule has 2 aliphatic heterocycles. The van der Waals surface area contributed by atoms with E-state index in [1.54, 1.807) is 29.2 Å². The summed E-state index contributed by atoms with van der Waals surface area (Å²) in [5.41, 5.74) is 6.40. The number of anilines is 1. The SMILES string of the molecule is NC1=NC2(CCN(C(=O)c3ccc(Cl)s3)CC2)Nc2cccc(F)c21. The number of amides is 1. The molecule has 25 heavy (non-hydrogen) atoms. The van der Waals surface area contributed by atoms with Crippen LogP contribution in [-0.2, 0) is 0 Å². The number of likely N-dealkylation sites (tertiary alicyclic amines) is 1. The molecule has 8 heteroatoms. The van der Waals surface area contributed by atoms with E-state index >= 15 is 0 Å². The van der Waals surface area contributed by atoms with Gasteiger partial charge < -0.3 is 16.0 Å². The van der Waals surface area contributed by atoms with Crippen molar-refractivity contribution in [1.29, 1.82) is 0 Å². The zero-order valence-electron chi connectivity index (χ0n) is 13.3. The number of nitrogens with zero attached hydrogens (tertiary/aromatic N) is 2. The first-order valence-corrected chi connectivity index (χ1v) is 9.14. The fraction of sp³-hybridized carbons (Fsp3) is 0.294. The summed E-state index contributed by atoms with van der Waals surface area (Å²) >= 11 is 7.19. The highest BCUT2D eigenvalue weighted by Crippen LogP contribution is 2.35. The third-order valence-electron chi connectivity index (χ3n) is 4.63. The molecule has 0 atom stereocenters. The van der Waals surface area contributed by atoms with Gasteiger partial charge in [-0.15, -0.1) is 11.3 Å². The van der Waals surface area contributed by atoms with Gasteiger partial charge in [-0.05, 0) is 24.3 Å². The number of rotatable bonds is 1. The molecule has 3 N–H and O–H groups in total. The van der Waals surface area contributed by atoms with E-state index in [1.807, 2.05) is 0 Å². The number of carbonyl (C=O) groups excluding carboxylic acids is 1. The molecule has 3 heterocycles. The number of nitrogens with two attached hydrogens (primary N) is 1. The molecule has 2 aliphatic rings. The standard InChI is InChI=1S/C17H16ClFN4OS/c18-13-5-4-12(25-13)16(24)23-8-6-17(7-9-23)21-11-3-1-2-10(19)14(11)15(20)22-17/h1-5,21H,6-9H2,(H2,20,22). The molecule has 0 saturated carbocycles. The van der Waals surface area contributed by atoms with E-state index in [0.717, 1.165) is 0 Å². The Morgan fingerprint density at radius 2 is 2.08 bits per heavy atom. The number of hydrogen-bond donors (Lipinski definition) is 2. The molecule has 0 bridgehead atoms. The molecular weight excluding hydrogens is 363 g/mol. The summed E-state index contributed by atoms with van der Waals surface area (Å²) in [6, 6.07) is 8.28. The number of carbonyl (C=O) groups is 1. The van der Waals surface area contributed by atoms with Crippen molar-refractivity contribution in [3.8, 4) is 0 Å². The number of halogens is 2. The summed E-state index contributed by atoms with van der Waals surface area (Å²) in [7, 11) is 0. The van der Waals surface area contributed by atoms with Crippen LogP contribution in [0.4, 0.5) is 10.1 Å². The lowest BCUT2D eigenvalue weighted by Gasteiger charge is -2.42. The van der Waals surface area contributed by atoms with E-state index < -0.39 is 5.66 Å². The minimum absolute atomic E-state index is 0.0223. The number of benzene rings is 1. The molecule has 1 aromatic carbocycles. The molecule has 1 saturated heterocycles. The maximum Gasteiger partial charge on any atom is 0.263 e. The molecule has 1 fully saturated rings. The number of amidine groups is 1. The largest absolute Gasteiger partial charge is 0.383 e. The summed E-state index contributed by atoms with van der Waals surface area (Å²) in [5.74, 6) is -0.203. The topological polar surface area (TPSA) is 70.7 Å². The van der Waals surface area contributed by atoms with Crippen LogP contribution in [0.15, 0.2) is 35.3 Å². The van der Waals surface area contributed by atoms with E-state index in [1.165, 1.54) is 17.4 Å². The molecule has 1 aromatic heterocycles. The quantitative estimate of drug-likeness (QED) is 0.799. The summed E-state index contributed by atoms with van der Waals surface area (Å²) in [6.45, 7) is 1.09. The average molecular weight is 379 g/mol. The second-order valence-corrected chi connectivity index (χ2v) is 7.93. The Kier molecular flexibility index (Phi) is 3.92. The third kappa shape index (κ3) is 2.87. The Morgan fingerprint density at radius 3 is 2.76 bits per heavy atom. The van der Waals surface area contributed by atoms with Gasteiger partial charge in [0.1, 0.15) is 17.3 Å². The Bertz CT molecular complexity index is 873. The average Bonchev–Trinajstić information content (AvgIpc) is 3.01. The predicted octanol–water partition coefficient (Wildman–Crippen LogP) is 3.30. The summed E-state index contributed by atoms with van der Waals surface area (Å²) < 4.78 is 14.6. The van der Waals surface area contributed by atoms with Gasteiger partial charge in [-0.2, -0.15) is 0 Å². The first-order valence-electron chi connectivity index (χ1n) is 7.94. The predicted molar refractivity (Wildman–Crippen MR) is 97.9 cm³/mol. The van der Waals surface area contributed by atoms with Crippen molar-refractivity contribution in [1.82, 2.24) is 4.90 Å². The maximum absolute atomic E-state index is 14.0. The normalized spacial score (nSPS) is 18.5. The molecule has 2 aromatic rings. The van der Waals surface area contributed by atoms with Crippen LogP contribution in [-0.4, -0.2) is 35.4 Å². The third-order valence-corrected chi connectivity index (χ3v) is 5.85. The zero-order chi connectivity index (χ0) is 17.6. The number of nitrogens with one attached hydrogen (secondary N) is 1. The van der Waals surface area contributed by atoms with Gasteiger partial charge in [0.25, 0.3) is 5.91 Å². The molecule has 0 aliphatic carbocycles. The minimum Gasteiger partial charge on any atom is -0.383 e. The lowest BCUT2D eigenvalue weighted by molar-refractivity contribution is 0.0690. The van der Waals surface area contributed by atoms with E-state index in [2.05, 4.69) is 10.3 Å². The van der Waals surface area contributed by atoms with Gasteiger partial charge >= 0.3 is 0 Å². The van der Waals surface area contributed by atoms with Gasteiger partial charge in [0.15, 0.2) is 0 Å². The van der Waals surface area contributed by atoms with Gasteiger partial charge in [-0.3, -0.25) is 4.79 Å². The second-order valence-electron chi connectivity index (χ2n) is 6.21. The minimum atomic E-state index is -0.589. The Labute approximate surface area is 153 Å². The highest BCUT2D eigenvalue weighted by Gasteiger charge is 2.39. The monoisotopic (exact) mass is 378 g/mol. The Hall–Kier alpha value is -2.12. The van der Waals surface area contributed by atoms with Crippen LogP contribution in [0.3, 0.4) is 0 Å². The van der Waals surface area contributed by atoms with E-state index in [0.29, 0.717) is 46.4 Å². The van der Waals surface area contributed by atoms with Crippen LogP contribution in [0.5, 0.6) is 0 Å². The number of piperidine rings is 1. The number of hydrogen-bond acceptors (Lipinski definition) is 5. The van der Waals surface area contributed by atoms with Crippen LogP contribution in [0.25, 0.3) is 0 Å². The molecule has 1 amide bonds. The van der Waals surface area contributed by atoms with Gasteiger partial charge in [0.05, 0.1) is 14.8 Å². The lowest BCUT2D eigenvalue weighted by Crippen LogP contribution is -2.52. The van der Waals surface area contributed by atoms with Crippen molar-refractivity contribution in [2.75, 3.05) is 18.4 Å². The highest BCUT2D eigenvalue weighted by molar-refractivity contribution is 7.17. The van der Waals surface area contributed by atoms with Crippen molar-refractivity contribution in [2.24, 2.45) is 10.7 Å². The van der Waals surface area contributed by atoms with Crippen LogP contribution in [0.1, 0.15) is 28.1 Å². The number of fused-ring (bicyclic) bond motifs is 1. The van der Waals surface area contributed by atoms with Crippen LogP contribution in [0.2, 0.25) is 4.34 Å². The first-order chi connectivity index (χ1) is 12.0. The van der Waals surface area contributed by atoms with Crippen LogP contribution in [0, 0.1) is 5.82 Å². The fourth-order valence-corrected chi connectivity index (χ4v) is 4.37. The zero-order valence-corrected chi connectivity index (χ0v) is 14.8. The molecule has 1 spiro atoms.